The second-order valence-corrected chi connectivity index (χ2v) is 6.86. The maximum atomic E-state index is 12.7. The summed E-state index contributed by atoms with van der Waals surface area (Å²) in [7, 11) is 0. The van der Waals surface area contributed by atoms with Crippen molar-refractivity contribution in [3.63, 3.8) is 0 Å². The molecule has 2 aromatic heterocycles. The summed E-state index contributed by atoms with van der Waals surface area (Å²) in [5.74, 6) is 0.626. The fraction of sp³-hybridized carbons (Fsp3) is 0.421. The minimum Gasteiger partial charge on any atom is -0.358 e. The zero-order chi connectivity index (χ0) is 17.4. The largest absolute Gasteiger partial charge is 0.358 e. The molecule has 1 amide bonds. The van der Waals surface area contributed by atoms with Crippen LogP contribution in [0.25, 0.3) is 10.9 Å². The highest BCUT2D eigenvalue weighted by Crippen LogP contribution is 2.35. The number of aryl methyl sites for hydroxylation is 1. The van der Waals surface area contributed by atoms with Crippen molar-refractivity contribution in [3.05, 3.63) is 48.2 Å². The average molecular weight is 337 g/mol. The molecule has 1 saturated heterocycles. The molecule has 3 aromatic rings. The van der Waals surface area contributed by atoms with Crippen LogP contribution < -0.4 is 0 Å². The van der Waals surface area contributed by atoms with Crippen molar-refractivity contribution in [2.45, 2.75) is 38.6 Å². The van der Waals surface area contributed by atoms with Gasteiger partial charge < -0.3 is 9.88 Å². The Labute approximate surface area is 146 Å². The summed E-state index contributed by atoms with van der Waals surface area (Å²) in [6.07, 6.45) is 5.07. The van der Waals surface area contributed by atoms with Crippen molar-refractivity contribution < 1.29 is 4.79 Å². The highest BCUT2D eigenvalue weighted by atomic mass is 16.2. The van der Waals surface area contributed by atoms with Gasteiger partial charge in [-0.25, -0.2) is 9.67 Å². The van der Waals surface area contributed by atoms with Crippen LogP contribution in [0.2, 0.25) is 0 Å². The number of rotatable bonds is 3. The first kappa shape index (κ1) is 15.9. The van der Waals surface area contributed by atoms with Crippen LogP contribution in [0.3, 0.4) is 0 Å². The zero-order valence-electron chi connectivity index (χ0n) is 14.6. The highest BCUT2D eigenvalue weighted by molar-refractivity contribution is 5.85. The Hall–Kier alpha value is -2.63. The van der Waals surface area contributed by atoms with E-state index in [1.165, 1.54) is 28.5 Å². The molecule has 1 fully saturated rings. The zero-order valence-corrected chi connectivity index (χ0v) is 14.6. The number of piperidine rings is 1. The number of hydrogen-bond acceptors (Lipinski definition) is 3. The third-order valence-electron chi connectivity index (χ3n) is 5.35. The number of fused-ring (bicyclic) bond motifs is 1. The van der Waals surface area contributed by atoms with Gasteiger partial charge in [0.05, 0.1) is 0 Å². The first-order valence-electron chi connectivity index (χ1n) is 8.85. The Bertz CT molecular complexity index is 875. The van der Waals surface area contributed by atoms with Gasteiger partial charge in [0.1, 0.15) is 18.7 Å². The minimum atomic E-state index is -0.297. The quantitative estimate of drug-likeness (QED) is 0.799. The molecule has 6 nitrogen and oxygen atoms in total. The van der Waals surface area contributed by atoms with Gasteiger partial charge in [-0.15, -0.1) is 0 Å². The van der Waals surface area contributed by atoms with Crippen LogP contribution in [0.15, 0.2) is 36.9 Å². The number of aromatic amines is 1. The molecule has 1 aliphatic rings. The maximum Gasteiger partial charge on any atom is 0.247 e. The molecule has 6 heteroatoms. The SMILES string of the molecule is Cc1[nH]c2ccccc2c1C1CCN(C(=O)C(C)n2cncn2)CC1. The number of para-hydroxylation sites is 1. The van der Waals surface area contributed by atoms with E-state index in [2.05, 4.69) is 46.3 Å². The molecule has 1 aliphatic heterocycles. The molecular weight excluding hydrogens is 314 g/mol. The molecule has 1 unspecified atom stereocenters. The summed E-state index contributed by atoms with van der Waals surface area (Å²) in [4.78, 5) is 22.1. The van der Waals surface area contributed by atoms with Crippen molar-refractivity contribution >= 4 is 16.8 Å². The molecule has 1 atom stereocenters. The standard InChI is InChI=1S/C19H23N5O/c1-13-18(16-5-3-4-6-17(16)22-13)15-7-9-23(10-8-15)19(25)14(2)24-12-20-11-21-24/h3-6,11-12,14-15,22H,7-10H2,1-2H3. The lowest BCUT2D eigenvalue weighted by molar-refractivity contribution is -0.135. The molecule has 0 radical (unpaired) electrons. The summed E-state index contributed by atoms with van der Waals surface area (Å²) in [6, 6.07) is 8.18. The van der Waals surface area contributed by atoms with Crippen molar-refractivity contribution in [1.82, 2.24) is 24.6 Å². The topological polar surface area (TPSA) is 66.8 Å². The number of hydrogen-bond donors (Lipinski definition) is 1. The Balaban J connectivity index is 1.48. The molecular formula is C19H23N5O. The van der Waals surface area contributed by atoms with Gasteiger partial charge in [-0.05, 0) is 44.2 Å². The Morgan fingerprint density at radius 3 is 2.76 bits per heavy atom. The molecule has 130 valence electrons. The van der Waals surface area contributed by atoms with E-state index < -0.39 is 0 Å². The van der Waals surface area contributed by atoms with Crippen LogP contribution in [0.5, 0.6) is 0 Å². The predicted molar refractivity (Wildman–Crippen MR) is 96.3 cm³/mol. The number of nitrogens with one attached hydrogen (secondary N) is 1. The molecule has 3 heterocycles. The monoisotopic (exact) mass is 337 g/mol. The first-order chi connectivity index (χ1) is 12.1. The number of amides is 1. The molecule has 1 aromatic carbocycles. The number of carbonyl (C=O) groups is 1. The molecule has 1 N–H and O–H groups in total. The number of likely N-dealkylation sites (tertiary alicyclic amines) is 1. The maximum absolute atomic E-state index is 12.7. The summed E-state index contributed by atoms with van der Waals surface area (Å²) >= 11 is 0. The fourth-order valence-corrected chi connectivity index (χ4v) is 4.01. The summed E-state index contributed by atoms with van der Waals surface area (Å²) in [6.45, 7) is 5.62. The summed E-state index contributed by atoms with van der Waals surface area (Å²) in [5.41, 5.74) is 3.88. The van der Waals surface area contributed by atoms with E-state index in [1.54, 1.807) is 11.0 Å². The summed E-state index contributed by atoms with van der Waals surface area (Å²) < 4.78 is 1.62. The minimum absolute atomic E-state index is 0.125. The van der Waals surface area contributed by atoms with E-state index in [0.29, 0.717) is 5.92 Å². The fourth-order valence-electron chi connectivity index (χ4n) is 4.01. The second-order valence-electron chi connectivity index (χ2n) is 6.86. The van der Waals surface area contributed by atoms with Gasteiger partial charge in [0.25, 0.3) is 0 Å². The van der Waals surface area contributed by atoms with Gasteiger partial charge in [0, 0.05) is 29.7 Å². The molecule has 0 spiro atoms. The first-order valence-corrected chi connectivity index (χ1v) is 8.85. The van der Waals surface area contributed by atoms with Crippen molar-refractivity contribution in [2.24, 2.45) is 0 Å². The smallest absolute Gasteiger partial charge is 0.247 e. The van der Waals surface area contributed by atoms with Gasteiger partial charge >= 0.3 is 0 Å². The van der Waals surface area contributed by atoms with Gasteiger partial charge in [-0.1, -0.05) is 18.2 Å². The molecule has 0 saturated carbocycles. The third kappa shape index (κ3) is 2.81. The molecule has 4 rings (SSSR count). The van der Waals surface area contributed by atoms with Crippen LogP contribution >= 0.6 is 0 Å². The third-order valence-corrected chi connectivity index (χ3v) is 5.35. The van der Waals surface area contributed by atoms with Gasteiger partial charge in [0.2, 0.25) is 5.91 Å². The molecule has 0 bridgehead atoms. The lowest BCUT2D eigenvalue weighted by atomic mass is 9.87. The van der Waals surface area contributed by atoms with Crippen molar-refractivity contribution in [1.29, 1.82) is 0 Å². The van der Waals surface area contributed by atoms with Gasteiger partial charge in [0.15, 0.2) is 0 Å². The van der Waals surface area contributed by atoms with Crippen LogP contribution in [-0.2, 0) is 4.79 Å². The second kappa shape index (κ2) is 6.35. The van der Waals surface area contributed by atoms with Crippen molar-refractivity contribution in [2.75, 3.05) is 13.1 Å². The lowest BCUT2D eigenvalue weighted by Gasteiger charge is -2.33. The van der Waals surface area contributed by atoms with E-state index in [9.17, 15) is 4.79 Å². The molecule has 25 heavy (non-hydrogen) atoms. The number of aromatic nitrogens is 4. The van der Waals surface area contributed by atoms with Gasteiger partial charge in [-0.2, -0.15) is 5.10 Å². The van der Waals surface area contributed by atoms with Crippen LogP contribution in [0, 0.1) is 6.92 Å². The summed E-state index contributed by atoms with van der Waals surface area (Å²) in [5, 5.41) is 5.41. The van der Waals surface area contributed by atoms with Crippen LogP contribution in [0.4, 0.5) is 0 Å². The Morgan fingerprint density at radius 1 is 1.28 bits per heavy atom. The van der Waals surface area contributed by atoms with E-state index in [0.717, 1.165) is 25.9 Å². The molecule has 0 aliphatic carbocycles. The van der Waals surface area contributed by atoms with Gasteiger partial charge in [-0.3, -0.25) is 4.79 Å². The Kier molecular flexibility index (Phi) is 4.03. The lowest BCUT2D eigenvalue weighted by Crippen LogP contribution is -2.41. The number of carbonyl (C=O) groups excluding carboxylic acids is 1. The average Bonchev–Trinajstić information content (AvgIpc) is 3.27. The number of H-pyrrole nitrogens is 1. The number of benzene rings is 1. The highest BCUT2D eigenvalue weighted by Gasteiger charge is 2.29. The Morgan fingerprint density at radius 2 is 2.04 bits per heavy atom. The van der Waals surface area contributed by atoms with E-state index in [1.807, 2.05) is 11.8 Å². The predicted octanol–water partition coefficient (Wildman–Crippen LogP) is 3.04. The number of nitrogens with zero attached hydrogens (tertiary/aromatic N) is 4. The van der Waals surface area contributed by atoms with Crippen LogP contribution in [-0.4, -0.2) is 43.6 Å². The van der Waals surface area contributed by atoms with Crippen molar-refractivity contribution in [3.8, 4) is 0 Å². The van der Waals surface area contributed by atoms with E-state index >= 15 is 0 Å². The van der Waals surface area contributed by atoms with Crippen LogP contribution in [0.1, 0.15) is 43.0 Å². The van der Waals surface area contributed by atoms with E-state index in [-0.39, 0.29) is 11.9 Å². The normalized spacial score (nSPS) is 17.1. The van der Waals surface area contributed by atoms with E-state index in [4.69, 9.17) is 0 Å².